The Morgan fingerprint density at radius 2 is 2.11 bits per heavy atom. The van der Waals surface area contributed by atoms with Gasteiger partial charge in [-0.1, -0.05) is 24.6 Å². The van der Waals surface area contributed by atoms with Gasteiger partial charge < -0.3 is 4.74 Å². The second-order valence-corrected chi connectivity index (χ2v) is 5.45. The first-order valence-corrected chi connectivity index (χ1v) is 6.52. The summed E-state index contributed by atoms with van der Waals surface area (Å²) in [6.45, 7) is 1.86. The predicted octanol–water partition coefficient (Wildman–Crippen LogP) is 4.89. The predicted molar refractivity (Wildman–Crippen MR) is 68.7 cm³/mol. The smallest absolute Gasteiger partial charge is 0.248 e. The quantitative estimate of drug-likeness (QED) is 0.746. The minimum absolute atomic E-state index is 0.0493. The zero-order valence-corrected chi connectivity index (χ0v) is 11.3. The highest BCUT2D eigenvalue weighted by molar-refractivity contribution is 6.31. The second kappa shape index (κ2) is 5.04. The minimum Gasteiger partial charge on any atom is -0.496 e. The van der Waals surface area contributed by atoms with Crippen LogP contribution in [-0.2, 0) is 0 Å². The number of ether oxygens (including phenoxy) is 1. The van der Waals surface area contributed by atoms with Crippen molar-refractivity contribution in [3.8, 4) is 5.75 Å². The molecule has 2 atom stereocenters. The van der Waals surface area contributed by atoms with Gasteiger partial charge in [0, 0.05) is 23.4 Å². The summed E-state index contributed by atoms with van der Waals surface area (Å²) in [4.78, 5) is 0. The van der Waals surface area contributed by atoms with Gasteiger partial charge >= 0.3 is 0 Å². The highest BCUT2D eigenvalue weighted by Gasteiger charge is 2.41. The van der Waals surface area contributed by atoms with E-state index in [1.54, 1.807) is 13.2 Å². The molecule has 18 heavy (non-hydrogen) atoms. The summed E-state index contributed by atoms with van der Waals surface area (Å²) in [6, 6.07) is 5.44. The molecule has 1 aromatic carbocycles. The average Bonchev–Trinajstić information content (AvgIpc) is 2.29. The van der Waals surface area contributed by atoms with Crippen molar-refractivity contribution in [2.75, 3.05) is 7.11 Å². The van der Waals surface area contributed by atoms with Crippen LogP contribution in [0.1, 0.15) is 37.7 Å². The maximum absolute atomic E-state index is 13.4. The first kappa shape index (κ1) is 13.6. The molecule has 1 nitrogen and oxygen atoms in total. The van der Waals surface area contributed by atoms with Gasteiger partial charge in [-0.25, -0.2) is 8.78 Å². The fourth-order valence-electron chi connectivity index (χ4n) is 2.85. The first-order chi connectivity index (χ1) is 8.44. The van der Waals surface area contributed by atoms with Crippen LogP contribution in [0.3, 0.4) is 0 Å². The zero-order chi connectivity index (χ0) is 13.3. The fraction of sp³-hybridized carbons (Fsp3) is 0.571. The Bertz CT molecular complexity index is 434. The van der Waals surface area contributed by atoms with Gasteiger partial charge in [-0.3, -0.25) is 0 Å². The van der Waals surface area contributed by atoms with Crippen molar-refractivity contribution in [1.29, 1.82) is 0 Å². The largest absolute Gasteiger partial charge is 0.496 e. The molecule has 0 bridgehead atoms. The number of rotatable bonds is 2. The van der Waals surface area contributed by atoms with Crippen LogP contribution in [0.15, 0.2) is 18.2 Å². The highest BCUT2D eigenvalue weighted by atomic mass is 35.5. The summed E-state index contributed by atoms with van der Waals surface area (Å²) in [5.74, 6) is -1.88. The lowest BCUT2D eigenvalue weighted by atomic mass is 9.74. The molecular formula is C14H17ClF2O. The Labute approximate surface area is 111 Å². The van der Waals surface area contributed by atoms with E-state index in [1.165, 1.54) is 0 Å². The van der Waals surface area contributed by atoms with E-state index in [0.29, 0.717) is 17.2 Å². The van der Waals surface area contributed by atoms with Crippen molar-refractivity contribution in [2.24, 2.45) is 5.92 Å². The number of methoxy groups -OCH3 is 1. The normalized spacial score (nSPS) is 26.9. The molecule has 0 aromatic heterocycles. The Morgan fingerprint density at radius 1 is 1.39 bits per heavy atom. The van der Waals surface area contributed by atoms with E-state index >= 15 is 0 Å². The third-order valence-corrected chi connectivity index (χ3v) is 4.06. The van der Waals surface area contributed by atoms with Gasteiger partial charge in [0.15, 0.2) is 0 Å². The van der Waals surface area contributed by atoms with Crippen LogP contribution in [0, 0.1) is 5.92 Å². The molecule has 0 spiro atoms. The number of hydrogen-bond acceptors (Lipinski definition) is 1. The Balaban J connectivity index is 2.32. The van der Waals surface area contributed by atoms with Crippen molar-refractivity contribution in [3.05, 3.63) is 28.8 Å². The minimum atomic E-state index is -2.54. The topological polar surface area (TPSA) is 9.23 Å². The number of alkyl halides is 2. The van der Waals surface area contributed by atoms with Gasteiger partial charge in [0.2, 0.25) is 5.92 Å². The maximum Gasteiger partial charge on any atom is 0.248 e. The van der Waals surface area contributed by atoms with E-state index in [4.69, 9.17) is 16.3 Å². The lowest BCUT2D eigenvalue weighted by Crippen LogP contribution is -2.30. The Morgan fingerprint density at radius 3 is 2.72 bits per heavy atom. The Hall–Kier alpha value is -0.830. The van der Waals surface area contributed by atoms with Gasteiger partial charge in [0.1, 0.15) is 5.75 Å². The van der Waals surface area contributed by atoms with Crippen molar-refractivity contribution in [2.45, 2.75) is 38.0 Å². The van der Waals surface area contributed by atoms with Crippen molar-refractivity contribution in [3.63, 3.8) is 0 Å². The standard InChI is InChI=1S/C14H17ClF2O/c1-9-8-14(16,17)7-6-10(9)13-11(15)4-3-5-12(13)18-2/h3-5,9-10H,6-8H2,1-2H3/t9-,10-/m1/s1. The first-order valence-electron chi connectivity index (χ1n) is 6.15. The van der Waals surface area contributed by atoms with Crippen LogP contribution in [0.25, 0.3) is 0 Å². The number of hydrogen-bond donors (Lipinski definition) is 0. The lowest BCUT2D eigenvalue weighted by molar-refractivity contribution is -0.0557. The molecule has 1 saturated carbocycles. The molecule has 2 rings (SSSR count). The lowest BCUT2D eigenvalue weighted by Gasteiger charge is -2.35. The molecule has 1 fully saturated rings. The monoisotopic (exact) mass is 274 g/mol. The molecule has 1 aliphatic carbocycles. The molecule has 0 N–H and O–H groups in total. The zero-order valence-electron chi connectivity index (χ0n) is 10.6. The van der Waals surface area contributed by atoms with Crippen molar-refractivity contribution in [1.82, 2.24) is 0 Å². The summed E-state index contributed by atoms with van der Waals surface area (Å²) in [5, 5.41) is 0.608. The third-order valence-electron chi connectivity index (χ3n) is 3.73. The van der Waals surface area contributed by atoms with E-state index in [0.717, 1.165) is 5.56 Å². The number of benzene rings is 1. The van der Waals surface area contributed by atoms with E-state index < -0.39 is 5.92 Å². The highest BCUT2D eigenvalue weighted by Crippen LogP contribution is 2.48. The fourth-order valence-corrected chi connectivity index (χ4v) is 3.16. The van der Waals surface area contributed by atoms with Crippen LogP contribution in [-0.4, -0.2) is 13.0 Å². The molecule has 0 unspecified atom stereocenters. The molecule has 0 heterocycles. The average molecular weight is 275 g/mol. The van der Waals surface area contributed by atoms with Gasteiger partial charge in [-0.2, -0.15) is 0 Å². The molecule has 0 saturated heterocycles. The summed E-state index contributed by atoms with van der Waals surface area (Å²) in [6.07, 6.45) is 0.302. The molecule has 0 aliphatic heterocycles. The van der Waals surface area contributed by atoms with Crippen LogP contribution in [0.4, 0.5) is 8.78 Å². The Kier molecular flexibility index (Phi) is 3.81. The summed E-state index contributed by atoms with van der Waals surface area (Å²) >= 11 is 6.21. The molecule has 0 amide bonds. The molecular weight excluding hydrogens is 258 g/mol. The SMILES string of the molecule is COc1cccc(Cl)c1[C@@H]1CCC(F)(F)C[C@H]1C. The second-order valence-electron chi connectivity index (χ2n) is 5.04. The third kappa shape index (κ3) is 2.61. The summed E-state index contributed by atoms with van der Waals surface area (Å²) in [7, 11) is 1.58. The maximum atomic E-state index is 13.4. The number of halogens is 3. The van der Waals surface area contributed by atoms with E-state index in [1.807, 2.05) is 19.1 Å². The van der Waals surface area contributed by atoms with Crippen molar-refractivity contribution < 1.29 is 13.5 Å². The van der Waals surface area contributed by atoms with Crippen LogP contribution < -0.4 is 4.74 Å². The van der Waals surface area contributed by atoms with Gasteiger partial charge in [-0.15, -0.1) is 0 Å². The van der Waals surface area contributed by atoms with Crippen molar-refractivity contribution >= 4 is 11.6 Å². The van der Waals surface area contributed by atoms with E-state index in [9.17, 15) is 8.78 Å². The van der Waals surface area contributed by atoms with Crippen LogP contribution >= 0.6 is 11.6 Å². The molecule has 100 valence electrons. The van der Waals surface area contributed by atoms with Gasteiger partial charge in [0.05, 0.1) is 7.11 Å². The summed E-state index contributed by atoms with van der Waals surface area (Å²) < 4.78 is 32.0. The van der Waals surface area contributed by atoms with Gasteiger partial charge in [0.25, 0.3) is 0 Å². The van der Waals surface area contributed by atoms with E-state index in [-0.39, 0.29) is 24.7 Å². The van der Waals surface area contributed by atoms with E-state index in [2.05, 4.69) is 0 Å². The molecule has 0 radical (unpaired) electrons. The van der Waals surface area contributed by atoms with Gasteiger partial charge in [-0.05, 0) is 30.4 Å². The van der Waals surface area contributed by atoms with Crippen LogP contribution in [0.2, 0.25) is 5.02 Å². The molecule has 1 aliphatic rings. The molecule has 4 heteroatoms. The summed E-state index contributed by atoms with van der Waals surface area (Å²) in [5.41, 5.74) is 0.879. The molecule has 1 aromatic rings. The van der Waals surface area contributed by atoms with Crippen LogP contribution in [0.5, 0.6) is 5.75 Å².